The Morgan fingerprint density at radius 1 is 0.293 bits per heavy atom. The summed E-state index contributed by atoms with van der Waals surface area (Å²) >= 11 is 0. The summed E-state index contributed by atoms with van der Waals surface area (Å²) in [5, 5.41) is 0. The van der Waals surface area contributed by atoms with Gasteiger partial charge in [0.15, 0.2) is 11.2 Å². The molecule has 12 rings (SSSR count). The molecule has 0 radical (unpaired) electrons. The quantitative estimate of drug-likeness (QED) is 0.153. The number of esters is 2. The van der Waals surface area contributed by atoms with Crippen LogP contribution in [0.1, 0.15) is 36.1 Å². The standard InChI is InChI=1S/C66H72O16/c1-49-61-59(65(81-49,51-15-7-3-8-16-51)52-17-9-4-10-18-52)47-73-39-43-77-57-27-29-58(30-28-57)78-44-40-74-48-60-62(50(2)82-66(60,53-19-11-5-12-20-53)54-21-13-6-14-22-54)64(68)80-46-38-72-34-32-70-36-42-76-56-25-23-55(24-26-56)75-41-35-69-31-33-71-37-45-79-63(61)67/h3-30,59-60H,31-48H2,1-2H3. The molecule has 0 saturated heterocycles. The van der Waals surface area contributed by atoms with Gasteiger partial charge in [-0.3, -0.25) is 0 Å². The van der Waals surface area contributed by atoms with Crippen molar-refractivity contribution in [3.63, 3.8) is 0 Å². The van der Waals surface area contributed by atoms with Crippen LogP contribution in [0.4, 0.5) is 0 Å². The molecule has 6 aromatic rings. The highest BCUT2D eigenvalue weighted by molar-refractivity contribution is 5.91. The molecule has 0 saturated carbocycles. The average molecular weight is 1120 g/mol. The third-order valence-corrected chi connectivity index (χ3v) is 14.2. The monoisotopic (exact) mass is 1120 g/mol. The summed E-state index contributed by atoms with van der Waals surface area (Å²) in [6.45, 7) is 7.84. The highest BCUT2D eigenvalue weighted by atomic mass is 16.6. The van der Waals surface area contributed by atoms with Gasteiger partial charge in [0.25, 0.3) is 0 Å². The van der Waals surface area contributed by atoms with Crippen LogP contribution in [0, 0.1) is 11.8 Å². The number of carbonyl (C=O) groups excluding carboxylic acids is 2. The Balaban J connectivity index is 0.852. The van der Waals surface area contributed by atoms with Crippen LogP contribution in [0.2, 0.25) is 0 Å². The van der Waals surface area contributed by atoms with Gasteiger partial charge >= 0.3 is 11.9 Å². The van der Waals surface area contributed by atoms with Gasteiger partial charge < -0.3 is 66.3 Å². The highest BCUT2D eigenvalue weighted by Gasteiger charge is 2.55. The molecule has 0 amide bonds. The van der Waals surface area contributed by atoms with Crippen LogP contribution in [-0.4, -0.2) is 131 Å². The van der Waals surface area contributed by atoms with Crippen LogP contribution < -0.4 is 18.9 Å². The minimum atomic E-state index is -1.08. The zero-order valence-corrected chi connectivity index (χ0v) is 46.6. The molecule has 2 unspecified atom stereocenters. The highest BCUT2D eigenvalue weighted by Crippen LogP contribution is 2.53. The van der Waals surface area contributed by atoms with Gasteiger partial charge in [-0.25, -0.2) is 9.59 Å². The average Bonchev–Trinajstić information content (AvgIpc) is 4.10. The lowest BCUT2D eigenvalue weighted by Crippen LogP contribution is -2.39. The number of benzene rings is 6. The van der Waals surface area contributed by atoms with Crippen LogP contribution in [0.25, 0.3) is 0 Å². The summed E-state index contributed by atoms with van der Waals surface area (Å²) in [6.07, 6.45) is 0. The van der Waals surface area contributed by atoms with Crippen molar-refractivity contribution in [2.75, 3.05) is 119 Å². The topological polar surface area (TPSA) is 163 Å². The van der Waals surface area contributed by atoms with Gasteiger partial charge in [-0.05, 0) is 62.4 Å². The molecule has 6 aliphatic heterocycles. The van der Waals surface area contributed by atoms with Crippen molar-refractivity contribution in [1.29, 1.82) is 0 Å². The van der Waals surface area contributed by atoms with Crippen molar-refractivity contribution < 1.29 is 75.9 Å². The van der Waals surface area contributed by atoms with Crippen LogP contribution in [0.15, 0.2) is 193 Å². The summed E-state index contributed by atoms with van der Waals surface area (Å²) in [5.74, 6) is 1.33. The smallest absolute Gasteiger partial charge is 0.338 e. The van der Waals surface area contributed by atoms with E-state index in [0.717, 1.165) is 22.3 Å². The van der Waals surface area contributed by atoms with Crippen molar-refractivity contribution in [3.05, 3.63) is 215 Å². The van der Waals surface area contributed by atoms with E-state index in [1.165, 1.54) is 0 Å². The first-order chi connectivity index (χ1) is 40.4. The summed E-state index contributed by atoms with van der Waals surface area (Å²) in [7, 11) is 0. The van der Waals surface area contributed by atoms with Gasteiger partial charge in [0.1, 0.15) is 74.2 Å². The molecule has 6 aliphatic rings. The first kappa shape index (κ1) is 58.9. The third kappa shape index (κ3) is 15.0. The van der Waals surface area contributed by atoms with E-state index in [0.29, 0.717) is 98.5 Å². The predicted molar refractivity (Wildman–Crippen MR) is 304 cm³/mol. The molecule has 4 bridgehead atoms. The number of carbonyl (C=O) groups is 2. The molecule has 0 fully saturated rings. The normalized spacial score (nSPS) is 20.8. The Kier molecular flexibility index (Phi) is 21.8. The van der Waals surface area contributed by atoms with Crippen LogP contribution in [0.5, 0.6) is 23.0 Å². The molecule has 0 spiro atoms. The van der Waals surface area contributed by atoms with Gasteiger partial charge in [-0.15, -0.1) is 0 Å². The third-order valence-electron chi connectivity index (χ3n) is 14.2. The first-order valence-corrected chi connectivity index (χ1v) is 27.9. The van der Waals surface area contributed by atoms with Crippen LogP contribution >= 0.6 is 0 Å². The Labute approximate surface area is 479 Å². The maximum Gasteiger partial charge on any atom is 0.338 e. The summed E-state index contributed by atoms with van der Waals surface area (Å²) < 4.78 is 85.0. The molecule has 432 valence electrons. The van der Waals surface area contributed by atoms with Crippen molar-refractivity contribution >= 4 is 11.9 Å². The molecular formula is C66H72O16. The van der Waals surface area contributed by atoms with Crippen molar-refractivity contribution in [2.24, 2.45) is 11.8 Å². The molecule has 16 heteroatoms. The van der Waals surface area contributed by atoms with Crippen LogP contribution in [0.3, 0.4) is 0 Å². The number of allylic oxidation sites excluding steroid dienone is 2. The van der Waals surface area contributed by atoms with Crippen LogP contribution in [-0.2, 0) is 68.2 Å². The zero-order valence-electron chi connectivity index (χ0n) is 46.6. The van der Waals surface area contributed by atoms with E-state index in [-0.39, 0.29) is 66.1 Å². The molecular weight excluding hydrogens is 1050 g/mol. The fourth-order valence-electron chi connectivity index (χ4n) is 10.4. The lowest BCUT2D eigenvalue weighted by atomic mass is 9.74. The fraction of sp³-hybridized carbons (Fsp3) is 0.364. The number of hydrogen-bond donors (Lipinski definition) is 0. The van der Waals surface area contributed by atoms with E-state index in [9.17, 15) is 9.59 Å². The van der Waals surface area contributed by atoms with E-state index in [2.05, 4.69) is 0 Å². The molecule has 0 aliphatic carbocycles. The minimum Gasteiger partial charge on any atom is -0.491 e. The lowest BCUT2D eigenvalue weighted by molar-refractivity contribution is -0.142. The molecule has 0 N–H and O–H groups in total. The van der Waals surface area contributed by atoms with Gasteiger partial charge in [0.05, 0.1) is 102 Å². The second-order valence-corrected chi connectivity index (χ2v) is 19.4. The molecule has 0 aromatic heterocycles. The van der Waals surface area contributed by atoms with Gasteiger partial charge in [0, 0.05) is 22.3 Å². The maximum atomic E-state index is 14.1. The zero-order chi connectivity index (χ0) is 56.7. The number of hydrogen-bond acceptors (Lipinski definition) is 16. The Hall–Kier alpha value is -7.70. The minimum absolute atomic E-state index is 0.0298. The predicted octanol–water partition coefficient (Wildman–Crippen LogP) is 9.83. The molecule has 6 aromatic carbocycles. The largest absolute Gasteiger partial charge is 0.491 e. The van der Waals surface area contributed by atoms with E-state index in [1.807, 2.05) is 170 Å². The first-order valence-electron chi connectivity index (χ1n) is 27.9. The number of rotatable bonds is 4. The van der Waals surface area contributed by atoms with Crippen molar-refractivity contribution in [2.45, 2.75) is 25.0 Å². The molecule has 6 heterocycles. The van der Waals surface area contributed by atoms with E-state index >= 15 is 0 Å². The summed E-state index contributed by atoms with van der Waals surface area (Å²) in [4.78, 5) is 28.2. The summed E-state index contributed by atoms with van der Waals surface area (Å²) in [6, 6.07) is 54.1. The maximum absolute atomic E-state index is 14.1. The molecule has 16 nitrogen and oxygen atoms in total. The van der Waals surface area contributed by atoms with Gasteiger partial charge in [-0.2, -0.15) is 0 Å². The number of ether oxygens (including phenoxy) is 14. The van der Waals surface area contributed by atoms with E-state index in [4.69, 9.17) is 66.3 Å². The van der Waals surface area contributed by atoms with Crippen molar-refractivity contribution in [1.82, 2.24) is 0 Å². The molecule has 2 atom stereocenters. The van der Waals surface area contributed by atoms with E-state index in [1.54, 1.807) is 13.8 Å². The Bertz CT molecular complexity index is 2670. The fourth-order valence-corrected chi connectivity index (χ4v) is 10.4. The summed E-state index contributed by atoms with van der Waals surface area (Å²) in [5.41, 5.74) is 2.09. The second-order valence-electron chi connectivity index (χ2n) is 19.4. The molecule has 82 heavy (non-hydrogen) atoms. The lowest BCUT2D eigenvalue weighted by Gasteiger charge is -2.36. The van der Waals surface area contributed by atoms with Gasteiger partial charge in [-0.1, -0.05) is 121 Å². The van der Waals surface area contributed by atoms with Gasteiger partial charge in [0.2, 0.25) is 0 Å². The Morgan fingerprint density at radius 3 is 0.793 bits per heavy atom. The second kappa shape index (κ2) is 30.4. The Morgan fingerprint density at radius 2 is 0.524 bits per heavy atom. The van der Waals surface area contributed by atoms with E-state index < -0.39 is 35.0 Å². The van der Waals surface area contributed by atoms with Crippen molar-refractivity contribution in [3.8, 4) is 23.0 Å². The SMILES string of the molecule is CC1=C2C(=O)OCCOCCOCCOc3ccc(cc3)OCCOCCOCCOC(=O)C3=C(C)OC(c4ccccc4)(c4ccccc4)C3COCCOc3ccc(cc3)OCCOCC2C(c2ccccc2)(c2ccccc2)O1.